The molecule has 0 fully saturated rings. The number of benzene rings is 1. The van der Waals surface area contributed by atoms with Gasteiger partial charge in [-0.15, -0.1) is 0 Å². The molecule has 4 heteroatoms. The molecule has 0 spiro atoms. The summed E-state index contributed by atoms with van der Waals surface area (Å²) in [6.07, 6.45) is 2.88. The van der Waals surface area contributed by atoms with Crippen molar-refractivity contribution in [3.8, 4) is 11.6 Å². The van der Waals surface area contributed by atoms with E-state index >= 15 is 0 Å². The van der Waals surface area contributed by atoms with E-state index in [1.165, 1.54) is 0 Å². The van der Waals surface area contributed by atoms with Gasteiger partial charge in [0, 0.05) is 18.7 Å². The Labute approximate surface area is 119 Å². The van der Waals surface area contributed by atoms with E-state index in [0.29, 0.717) is 19.1 Å². The summed E-state index contributed by atoms with van der Waals surface area (Å²) in [6, 6.07) is 7.88. The van der Waals surface area contributed by atoms with Crippen LogP contribution in [0.3, 0.4) is 0 Å². The second-order valence-corrected chi connectivity index (χ2v) is 4.68. The smallest absolute Gasteiger partial charge is 0.221 e. The first-order valence-corrected chi connectivity index (χ1v) is 6.91. The quantitative estimate of drug-likeness (QED) is 0.726. The molecule has 2 rings (SSSR count). The molecule has 1 aromatic carbocycles. The maximum Gasteiger partial charge on any atom is 0.221 e. The summed E-state index contributed by atoms with van der Waals surface area (Å²) in [5.41, 5.74) is 0. The van der Waals surface area contributed by atoms with E-state index in [1.807, 2.05) is 31.2 Å². The van der Waals surface area contributed by atoms with E-state index < -0.39 is 0 Å². The number of hydrogen-bond donors (Lipinski definition) is 0. The second kappa shape index (κ2) is 7.10. The zero-order valence-corrected chi connectivity index (χ0v) is 12.3. The number of ether oxygens (including phenoxy) is 3. The van der Waals surface area contributed by atoms with Gasteiger partial charge in [0.25, 0.3) is 0 Å². The zero-order valence-electron chi connectivity index (χ0n) is 12.3. The molecule has 0 saturated heterocycles. The Morgan fingerprint density at radius 1 is 1.20 bits per heavy atom. The molecular formula is C16H21NO3. The highest BCUT2D eigenvalue weighted by Gasteiger charge is 2.08. The highest BCUT2D eigenvalue weighted by molar-refractivity contribution is 5.87. The lowest BCUT2D eigenvalue weighted by Crippen LogP contribution is -2.11. The Bertz CT molecular complexity index is 556. The van der Waals surface area contributed by atoms with Crippen LogP contribution in [0.25, 0.3) is 10.8 Å². The van der Waals surface area contributed by atoms with Crippen molar-refractivity contribution in [2.24, 2.45) is 0 Å². The Balaban J connectivity index is 2.21. The Hall–Kier alpha value is -1.81. The summed E-state index contributed by atoms with van der Waals surface area (Å²) < 4.78 is 16.4. The van der Waals surface area contributed by atoms with Gasteiger partial charge in [0.15, 0.2) is 0 Å². The van der Waals surface area contributed by atoms with Crippen molar-refractivity contribution in [1.82, 2.24) is 4.98 Å². The van der Waals surface area contributed by atoms with Crippen LogP contribution in [0.1, 0.15) is 20.3 Å². The van der Waals surface area contributed by atoms with Crippen molar-refractivity contribution < 1.29 is 14.2 Å². The Kier molecular flexibility index (Phi) is 5.18. The Morgan fingerprint density at radius 3 is 2.80 bits per heavy atom. The van der Waals surface area contributed by atoms with Gasteiger partial charge in [-0.2, -0.15) is 0 Å². The van der Waals surface area contributed by atoms with Gasteiger partial charge in [0.05, 0.1) is 12.7 Å². The van der Waals surface area contributed by atoms with Gasteiger partial charge >= 0.3 is 0 Å². The minimum Gasteiger partial charge on any atom is -0.491 e. The third kappa shape index (κ3) is 3.61. The first-order valence-electron chi connectivity index (χ1n) is 6.91. The van der Waals surface area contributed by atoms with Crippen LogP contribution < -0.4 is 9.47 Å². The van der Waals surface area contributed by atoms with Crippen molar-refractivity contribution in [2.45, 2.75) is 26.4 Å². The molecule has 0 amide bonds. The van der Waals surface area contributed by atoms with Crippen LogP contribution in [-0.2, 0) is 4.74 Å². The molecule has 1 unspecified atom stereocenters. The highest BCUT2D eigenvalue weighted by Crippen LogP contribution is 2.27. The molecule has 0 N–H and O–H groups in total. The highest BCUT2D eigenvalue weighted by atomic mass is 16.5. The van der Waals surface area contributed by atoms with E-state index in [1.54, 1.807) is 13.3 Å². The number of aromatic nitrogens is 1. The number of fused-ring (bicyclic) bond motifs is 1. The second-order valence-electron chi connectivity index (χ2n) is 4.68. The van der Waals surface area contributed by atoms with Crippen molar-refractivity contribution in [3.05, 3.63) is 30.5 Å². The first kappa shape index (κ1) is 14.6. The molecule has 0 bridgehead atoms. The normalized spacial score (nSPS) is 12.3. The lowest BCUT2D eigenvalue weighted by atomic mass is 10.1. The molecule has 1 atom stereocenters. The number of pyridine rings is 1. The van der Waals surface area contributed by atoms with Crippen LogP contribution >= 0.6 is 0 Å². The molecule has 108 valence electrons. The van der Waals surface area contributed by atoms with Gasteiger partial charge in [0.2, 0.25) is 5.88 Å². The molecule has 0 radical (unpaired) electrons. The van der Waals surface area contributed by atoms with E-state index in [0.717, 1.165) is 22.9 Å². The third-order valence-electron chi connectivity index (χ3n) is 3.14. The van der Waals surface area contributed by atoms with Crippen LogP contribution in [0, 0.1) is 0 Å². The molecule has 4 nitrogen and oxygen atoms in total. The van der Waals surface area contributed by atoms with Crippen molar-refractivity contribution >= 4 is 10.8 Å². The number of nitrogens with zero attached hydrogens (tertiary/aromatic N) is 1. The van der Waals surface area contributed by atoms with Crippen LogP contribution in [0.4, 0.5) is 0 Å². The predicted octanol–water partition coefficient (Wildman–Crippen LogP) is 3.44. The third-order valence-corrected chi connectivity index (χ3v) is 3.14. The fourth-order valence-corrected chi connectivity index (χ4v) is 1.83. The average molecular weight is 275 g/mol. The molecular weight excluding hydrogens is 254 g/mol. The SMILES string of the molecule is CCC(C)Oc1nccc2cc(OCCOC)ccc12. The maximum atomic E-state index is 5.84. The van der Waals surface area contributed by atoms with Gasteiger partial charge < -0.3 is 14.2 Å². The summed E-state index contributed by atoms with van der Waals surface area (Å²) >= 11 is 0. The average Bonchev–Trinajstić information content (AvgIpc) is 2.47. The monoisotopic (exact) mass is 275 g/mol. The van der Waals surface area contributed by atoms with E-state index in [4.69, 9.17) is 14.2 Å². The summed E-state index contributed by atoms with van der Waals surface area (Å²) in [6.45, 7) is 5.26. The topological polar surface area (TPSA) is 40.6 Å². The molecule has 20 heavy (non-hydrogen) atoms. The van der Waals surface area contributed by atoms with Crippen molar-refractivity contribution in [3.63, 3.8) is 0 Å². The maximum absolute atomic E-state index is 5.84. The largest absolute Gasteiger partial charge is 0.491 e. The van der Waals surface area contributed by atoms with Gasteiger partial charge in [0.1, 0.15) is 12.4 Å². The lowest BCUT2D eigenvalue weighted by Gasteiger charge is -2.14. The van der Waals surface area contributed by atoms with Crippen LogP contribution in [-0.4, -0.2) is 31.4 Å². The van der Waals surface area contributed by atoms with Crippen LogP contribution in [0.15, 0.2) is 30.5 Å². The summed E-state index contributed by atoms with van der Waals surface area (Å²) in [5.74, 6) is 1.51. The van der Waals surface area contributed by atoms with E-state index in [9.17, 15) is 0 Å². The molecule has 0 aliphatic carbocycles. The summed E-state index contributed by atoms with van der Waals surface area (Å²) in [4.78, 5) is 4.32. The molecule has 1 heterocycles. The van der Waals surface area contributed by atoms with Gasteiger partial charge in [-0.05, 0) is 43.0 Å². The van der Waals surface area contributed by atoms with Gasteiger partial charge in [-0.25, -0.2) is 4.98 Å². The summed E-state index contributed by atoms with van der Waals surface area (Å²) in [5, 5.41) is 2.07. The minimum atomic E-state index is 0.158. The number of rotatable bonds is 7. The fraction of sp³-hybridized carbons (Fsp3) is 0.438. The van der Waals surface area contributed by atoms with Crippen LogP contribution in [0.2, 0.25) is 0 Å². The minimum absolute atomic E-state index is 0.158. The molecule has 2 aromatic rings. The van der Waals surface area contributed by atoms with Crippen molar-refractivity contribution in [1.29, 1.82) is 0 Å². The zero-order chi connectivity index (χ0) is 14.4. The standard InChI is InChI=1S/C16H21NO3/c1-4-12(2)20-16-15-6-5-14(19-10-9-18-3)11-13(15)7-8-17-16/h5-8,11-12H,4,9-10H2,1-3H3. The number of hydrogen-bond acceptors (Lipinski definition) is 4. The predicted molar refractivity (Wildman–Crippen MR) is 79.5 cm³/mol. The van der Waals surface area contributed by atoms with Crippen LogP contribution in [0.5, 0.6) is 11.6 Å². The molecule has 0 aliphatic rings. The first-order chi connectivity index (χ1) is 9.74. The molecule has 0 aliphatic heterocycles. The lowest BCUT2D eigenvalue weighted by molar-refractivity contribution is 0.146. The fourth-order valence-electron chi connectivity index (χ4n) is 1.83. The van der Waals surface area contributed by atoms with E-state index in [2.05, 4.69) is 11.9 Å². The van der Waals surface area contributed by atoms with Crippen molar-refractivity contribution in [2.75, 3.05) is 20.3 Å². The van der Waals surface area contributed by atoms with Gasteiger partial charge in [-0.3, -0.25) is 0 Å². The Morgan fingerprint density at radius 2 is 2.05 bits per heavy atom. The molecule has 1 aromatic heterocycles. The van der Waals surface area contributed by atoms with E-state index in [-0.39, 0.29) is 6.10 Å². The molecule has 0 saturated carbocycles. The summed E-state index contributed by atoms with van der Waals surface area (Å²) in [7, 11) is 1.66. The van der Waals surface area contributed by atoms with Gasteiger partial charge in [-0.1, -0.05) is 6.92 Å². The number of methoxy groups -OCH3 is 1.